The molecule has 0 spiro atoms. The van der Waals surface area contributed by atoms with Crippen molar-refractivity contribution >= 4 is 0 Å². The molecule has 1 aliphatic rings. The third kappa shape index (κ3) is 1.53. The van der Waals surface area contributed by atoms with Gasteiger partial charge in [-0.15, -0.1) is 0 Å². The molecular weight excluding hydrogens is 148 g/mol. The molecule has 2 heteroatoms. The summed E-state index contributed by atoms with van der Waals surface area (Å²) in [5, 5.41) is 4.45. The first kappa shape index (κ1) is 7.50. The average molecular weight is 159 g/mol. The first-order valence-electron chi connectivity index (χ1n) is 4.19. The highest BCUT2D eigenvalue weighted by molar-refractivity contribution is 5.12. The van der Waals surface area contributed by atoms with E-state index >= 15 is 0 Å². The van der Waals surface area contributed by atoms with Crippen LogP contribution in [0.4, 0.5) is 0 Å². The highest BCUT2D eigenvalue weighted by Crippen LogP contribution is 2.17. The minimum atomic E-state index is 0.288. The normalized spacial score (nSPS) is 22.5. The Labute approximate surface area is 72.3 Å². The van der Waals surface area contributed by atoms with E-state index in [1.54, 1.807) is 0 Å². The minimum absolute atomic E-state index is 0.288. The van der Waals surface area contributed by atoms with Crippen molar-refractivity contribution in [3.63, 3.8) is 0 Å². The molecule has 2 rings (SSSR count). The fraction of sp³-hybridized carbons (Fsp3) is 0.300. The standard InChI is InChI=1S/C10H11N2/c1-3-7-11-9(5-1)10-6-2-4-8-12-10/h1-5,7,10H,6,8H2. The molecule has 0 fully saturated rings. The second kappa shape index (κ2) is 3.50. The van der Waals surface area contributed by atoms with Crippen molar-refractivity contribution in [3.05, 3.63) is 42.2 Å². The largest absolute Gasteiger partial charge is 0.260 e. The number of hydrogen-bond acceptors (Lipinski definition) is 1. The number of nitrogens with zero attached hydrogens (tertiary/aromatic N) is 2. The van der Waals surface area contributed by atoms with Gasteiger partial charge in [-0.05, 0) is 18.6 Å². The topological polar surface area (TPSA) is 27.0 Å². The van der Waals surface area contributed by atoms with E-state index in [2.05, 4.69) is 22.5 Å². The monoisotopic (exact) mass is 159 g/mol. The number of rotatable bonds is 1. The highest BCUT2D eigenvalue weighted by atomic mass is 14.9. The third-order valence-corrected chi connectivity index (χ3v) is 1.99. The molecular formula is C10H11N2. The first-order chi connectivity index (χ1) is 5.97. The van der Waals surface area contributed by atoms with Crippen molar-refractivity contribution in [1.82, 2.24) is 10.3 Å². The Morgan fingerprint density at radius 2 is 2.25 bits per heavy atom. The number of pyridine rings is 1. The maximum absolute atomic E-state index is 4.45. The maximum atomic E-state index is 4.45. The van der Waals surface area contributed by atoms with Gasteiger partial charge in [0.1, 0.15) is 0 Å². The van der Waals surface area contributed by atoms with E-state index in [-0.39, 0.29) is 6.04 Å². The third-order valence-electron chi connectivity index (χ3n) is 1.99. The van der Waals surface area contributed by atoms with Crippen LogP contribution in [0.25, 0.3) is 0 Å². The molecule has 1 atom stereocenters. The van der Waals surface area contributed by atoms with E-state index in [9.17, 15) is 0 Å². The Hall–Kier alpha value is -1.15. The molecule has 61 valence electrons. The lowest BCUT2D eigenvalue weighted by Gasteiger charge is -2.16. The van der Waals surface area contributed by atoms with E-state index in [4.69, 9.17) is 0 Å². The lowest BCUT2D eigenvalue weighted by Crippen LogP contribution is -2.17. The summed E-state index contributed by atoms with van der Waals surface area (Å²) in [5.74, 6) is 0. The van der Waals surface area contributed by atoms with E-state index < -0.39 is 0 Å². The predicted molar refractivity (Wildman–Crippen MR) is 47.7 cm³/mol. The fourth-order valence-electron chi connectivity index (χ4n) is 1.35. The van der Waals surface area contributed by atoms with E-state index in [0.717, 1.165) is 18.7 Å². The first-order valence-corrected chi connectivity index (χ1v) is 4.19. The summed E-state index contributed by atoms with van der Waals surface area (Å²) in [6.45, 7) is 0.835. The van der Waals surface area contributed by atoms with Crippen LogP contribution in [-0.4, -0.2) is 11.5 Å². The van der Waals surface area contributed by atoms with E-state index in [1.807, 2.05) is 24.4 Å². The molecule has 0 aromatic carbocycles. The Morgan fingerprint density at radius 1 is 1.25 bits per heavy atom. The molecule has 0 saturated carbocycles. The molecule has 0 bridgehead atoms. The highest BCUT2D eigenvalue weighted by Gasteiger charge is 2.12. The van der Waals surface area contributed by atoms with Gasteiger partial charge >= 0.3 is 0 Å². The van der Waals surface area contributed by atoms with Crippen molar-refractivity contribution in [2.45, 2.75) is 12.5 Å². The van der Waals surface area contributed by atoms with Crippen molar-refractivity contribution in [2.75, 3.05) is 6.54 Å². The van der Waals surface area contributed by atoms with Crippen molar-refractivity contribution in [1.29, 1.82) is 0 Å². The molecule has 12 heavy (non-hydrogen) atoms. The summed E-state index contributed by atoms with van der Waals surface area (Å²) in [5.41, 5.74) is 1.09. The van der Waals surface area contributed by atoms with E-state index in [1.165, 1.54) is 0 Å². The van der Waals surface area contributed by atoms with Crippen LogP contribution >= 0.6 is 0 Å². The summed E-state index contributed by atoms with van der Waals surface area (Å²) >= 11 is 0. The van der Waals surface area contributed by atoms with Gasteiger partial charge in [0.05, 0.1) is 11.7 Å². The maximum Gasteiger partial charge on any atom is 0.0705 e. The quantitative estimate of drug-likeness (QED) is 0.573. The lowest BCUT2D eigenvalue weighted by atomic mass is 10.1. The van der Waals surface area contributed by atoms with Gasteiger partial charge in [0.2, 0.25) is 0 Å². The van der Waals surface area contributed by atoms with Gasteiger partial charge in [-0.3, -0.25) is 4.98 Å². The fourth-order valence-corrected chi connectivity index (χ4v) is 1.35. The summed E-state index contributed by atoms with van der Waals surface area (Å²) in [6.07, 6.45) is 7.09. The van der Waals surface area contributed by atoms with Crippen LogP contribution in [0.1, 0.15) is 18.2 Å². The SMILES string of the molecule is C1=CCC(c2ccccn2)[N]C1. The van der Waals surface area contributed by atoms with Crippen molar-refractivity contribution in [2.24, 2.45) is 0 Å². The Balaban J connectivity index is 2.15. The van der Waals surface area contributed by atoms with Crippen LogP contribution in [0.3, 0.4) is 0 Å². The van der Waals surface area contributed by atoms with Crippen LogP contribution in [0.2, 0.25) is 0 Å². The molecule has 1 aliphatic heterocycles. The van der Waals surface area contributed by atoms with Crippen LogP contribution < -0.4 is 5.32 Å². The van der Waals surface area contributed by atoms with E-state index in [0.29, 0.717) is 0 Å². The van der Waals surface area contributed by atoms with Gasteiger partial charge in [-0.25, -0.2) is 5.32 Å². The summed E-state index contributed by atoms with van der Waals surface area (Å²) < 4.78 is 0. The van der Waals surface area contributed by atoms with Crippen LogP contribution in [0.15, 0.2) is 36.5 Å². The molecule has 1 radical (unpaired) electrons. The van der Waals surface area contributed by atoms with Gasteiger partial charge in [-0.2, -0.15) is 0 Å². The van der Waals surface area contributed by atoms with Gasteiger partial charge in [0.15, 0.2) is 0 Å². The van der Waals surface area contributed by atoms with Crippen LogP contribution in [0.5, 0.6) is 0 Å². The molecule has 1 unspecified atom stereocenters. The molecule has 2 heterocycles. The smallest absolute Gasteiger partial charge is 0.0705 e. The zero-order chi connectivity index (χ0) is 8.23. The Bertz CT molecular complexity index is 266. The number of aromatic nitrogens is 1. The molecule has 1 aromatic rings. The van der Waals surface area contributed by atoms with Gasteiger partial charge < -0.3 is 0 Å². The minimum Gasteiger partial charge on any atom is -0.260 e. The molecule has 2 nitrogen and oxygen atoms in total. The lowest BCUT2D eigenvalue weighted by molar-refractivity contribution is 0.530. The summed E-state index contributed by atoms with van der Waals surface area (Å²) in [6, 6.07) is 6.27. The molecule has 0 N–H and O–H groups in total. The zero-order valence-electron chi connectivity index (χ0n) is 6.85. The summed E-state index contributed by atoms with van der Waals surface area (Å²) in [4.78, 5) is 4.27. The van der Waals surface area contributed by atoms with Gasteiger partial charge in [0.25, 0.3) is 0 Å². The molecule has 0 saturated heterocycles. The molecule has 0 aliphatic carbocycles. The Kier molecular flexibility index (Phi) is 2.19. The average Bonchev–Trinajstić information content (AvgIpc) is 2.21. The summed E-state index contributed by atoms with van der Waals surface area (Å²) in [7, 11) is 0. The van der Waals surface area contributed by atoms with Crippen molar-refractivity contribution < 1.29 is 0 Å². The van der Waals surface area contributed by atoms with Crippen LogP contribution in [-0.2, 0) is 0 Å². The van der Waals surface area contributed by atoms with Crippen molar-refractivity contribution in [3.8, 4) is 0 Å². The predicted octanol–water partition coefficient (Wildman–Crippen LogP) is 1.69. The van der Waals surface area contributed by atoms with Crippen LogP contribution in [0, 0.1) is 0 Å². The zero-order valence-corrected chi connectivity index (χ0v) is 6.85. The Morgan fingerprint density at radius 3 is 2.92 bits per heavy atom. The van der Waals surface area contributed by atoms with Gasteiger partial charge in [-0.1, -0.05) is 18.2 Å². The second-order valence-corrected chi connectivity index (χ2v) is 2.84. The second-order valence-electron chi connectivity index (χ2n) is 2.84. The number of hydrogen-bond donors (Lipinski definition) is 0. The molecule has 0 amide bonds. The van der Waals surface area contributed by atoms with Gasteiger partial charge in [0, 0.05) is 12.7 Å². The molecule has 1 aromatic heterocycles.